The van der Waals surface area contributed by atoms with Crippen molar-refractivity contribution in [1.82, 2.24) is 19.2 Å². The van der Waals surface area contributed by atoms with E-state index in [9.17, 15) is 9.59 Å². The number of hydrogen-bond donors (Lipinski definition) is 0. The first-order chi connectivity index (χ1) is 13.1. The van der Waals surface area contributed by atoms with Crippen molar-refractivity contribution in [1.29, 1.82) is 0 Å². The van der Waals surface area contributed by atoms with Gasteiger partial charge in [0, 0.05) is 50.5 Å². The van der Waals surface area contributed by atoms with Gasteiger partial charge in [0.25, 0.3) is 11.5 Å². The Bertz CT molecular complexity index is 1030. The molecule has 7 heteroatoms. The van der Waals surface area contributed by atoms with Crippen LogP contribution in [-0.4, -0.2) is 51.3 Å². The normalized spacial score (nSPS) is 15.8. The Hall–Kier alpha value is -2.51. The second-order valence-electron chi connectivity index (χ2n) is 6.88. The molecule has 4 rings (SSSR count). The lowest BCUT2D eigenvalue weighted by atomic mass is 10.1. The number of carbonyl (C=O) groups excluding carboxylic acids is 1. The molecule has 3 aromatic rings. The van der Waals surface area contributed by atoms with Gasteiger partial charge in [-0.1, -0.05) is 24.3 Å². The third-order valence-corrected chi connectivity index (χ3v) is 5.87. The molecule has 0 N–H and O–H groups in total. The number of fused-ring (bicyclic) bond motifs is 1. The maximum absolute atomic E-state index is 12.9. The molecular weight excluding hydrogens is 360 g/mol. The monoisotopic (exact) mass is 382 g/mol. The fourth-order valence-electron chi connectivity index (χ4n) is 3.50. The summed E-state index contributed by atoms with van der Waals surface area (Å²) in [5.74, 6) is -0.217. The standard InChI is InChI=1S/C20H22N4O2S/c1-15-5-2-3-6-16(15)14-22-7-4-8-23(10-9-22)18(25)17-13-21-20-24(19(17)26)11-12-27-20/h2-3,5-6,11-13H,4,7-10,14H2,1H3. The van der Waals surface area contributed by atoms with Gasteiger partial charge in [0.05, 0.1) is 0 Å². The molecule has 6 nitrogen and oxygen atoms in total. The molecule has 1 aliphatic heterocycles. The number of aromatic nitrogens is 2. The molecule has 1 aliphatic rings. The molecule has 27 heavy (non-hydrogen) atoms. The second-order valence-corrected chi connectivity index (χ2v) is 7.75. The van der Waals surface area contributed by atoms with Gasteiger partial charge in [-0.25, -0.2) is 4.98 Å². The van der Waals surface area contributed by atoms with E-state index in [0.717, 1.165) is 26.1 Å². The van der Waals surface area contributed by atoms with Gasteiger partial charge in [-0.3, -0.25) is 18.9 Å². The van der Waals surface area contributed by atoms with Crippen molar-refractivity contribution < 1.29 is 4.79 Å². The van der Waals surface area contributed by atoms with Gasteiger partial charge in [0.2, 0.25) is 0 Å². The van der Waals surface area contributed by atoms with Crippen LogP contribution in [0.5, 0.6) is 0 Å². The fraction of sp³-hybridized carbons (Fsp3) is 0.350. The Morgan fingerprint density at radius 2 is 2.04 bits per heavy atom. The zero-order valence-corrected chi connectivity index (χ0v) is 16.1. The van der Waals surface area contributed by atoms with E-state index in [4.69, 9.17) is 0 Å². The zero-order valence-electron chi connectivity index (χ0n) is 15.3. The predicted molar refractivity (Wildman–Crippen MR) is 106 cm³/mol. The Morgan fingerprint density at radius 3 is 2.89 bits per heavy atom. The van der Waals surface area contributed by atoms with Gasteiger partial charge in [0.15, 0.2) is 4.96 Å². The molecule has 140 valence electrons. The summed E-state index contributed by atoms with van der Waals surface area (Å²) >= 11 is 1.38. The minimum absolute atomic E-state index is 0.151. The SMILES string of the molecule is Cc1ccccc1CN1CCCN(C(=O)c2cnc3sccn3c2=O)CC1. The van der Waals surface area contributed by atoms with E-state index >= 15 is 0 Å². The molecule has 0 bridgehead atoms. The Labute approximate surface area is 161 Å². The average molecular weight is 382 g/mol. The van der Waals surface area contributed by atoms with Crippen LogP contribution in [0, 0.1) is 6.92 Å². The van der Waals surface area contributed by atoms with Crippen LogP contribution in [0.4, 0.5) is 0 Å². The summed E-state index contributed by atoms with van der Waals surface area (Å²) in [6.45, 7) is 6.05. The highest BCUT2D eigenvalue weighted by molar-refractivity contribution is 7.15. The summed E-state index contributed by atoms with van der Waals surface area (Å²) in [5.41, 5.74) is 2.48. The molecule has 1 aromatic carbocycles. The van der Waals surface area contributed by atoms with Crippen LogP contribution in [0.15, 0.2) is 46.8 Å². The van der Waals surface area contributed by atoms with Crippen LogP contribution in [-0.2, 0) is 6.54 Å². The molecule has 2 aromatic heterocycles. The maximum atomic E-state index is 12.9. The molecule has 0 aliphatic carbocycles. The van der Waals surface area contributed by atoms with Crippen LogP contribution < -0.4 is 5.56 Å². The molecule has 0 unspecified atom stereocenters. The highest BCUT2D eigenvalue weighted by Gasteiger charge is 2.23. The van der Waals surface area contributed by atoms with Crippen molar-refractivity contribution in [2.75, 3.05) is 26.2 Å². The molecule has 1 fully saturated rings. The molecule has 0 radical (unpaired) electrons. The first-order valence-electron chi connectivity index (χ1n) is 9.14. The number of nitrogens with zero attached hydrogens (tertiary/aromatic N) is 4. The van der Waals surface area contributed by atoms with Crippen LogP contribution in [0.2, 0.25) is 0 Å². The lowest BCUT2D eigenvalue weighted by Crippen LogP contribution is -2.38. The van der Waals surface area contributed by atoms with E-state index in [0.29, 0.717) is 18.1 Å². The summed E-state index contributed by atoms with van der Waals surface area (Å²) < 4.78 is 1.44. The van der Waals surface area contributed by atoms with Crippen LogP contribution in [0.3, 0.4) is 0 Å². The van der Waals surface area contributed by atoms with Crippen molar-refractivity contribution in [3.8, 4) is 0 Å². The molecule has 1 saturated heterocycles. The predicted octanol–water partition coefficient (Wildman–Crippen LogP) is 2.41. The van der Waals surface area contributed by atoms with Gasteiger partial charge < -0.3 is 4.90 Å². The lowest BCUT2D eigenvalue weighted by Gasteiger charge is -2.22. The van der Waals surface area contributed by atoms with Crippen LogP contribution in [0.25, 0.3) is 4.96 Å². The average Bonchev–Trinajstić information content (AvgIpc) is 3.04. The van der Waals surface area contributed by atoms with Gasteiger partial charge in [-0.2, -0.15) is 0 Å². The molecule has 1 amide bonds. The number of thiazole rings is 1. The molecular formula is C20H22N4O2S. The minimum atomic E-state index is -0.285. The molecule has 0 atom stereocenters. The van der Waals surface area contributed by atoms with Crippen molar-refractivity contribution in [2.24, 2.45) is 0 Å². The highest BCUT2D eigenvalue weighted by atomic mass is 32.1. The highest BCUT2D eigenvalue weighted by Crippen LogP contribution is 2.14. The fourth-order valence-corrected chi connectivity index (χ4v) is 4.18. The van der Waals surface area contributed by atoms with E-state index in [2.05, 4.69) is 41.1 Å². The number of amides is 1. The van der Waals surface area contributed by atoms with Crippen LogP contribution >= 0.6 is 11.3 Å². The second kappa shape index (κ2) is 7.62. The maximum Gasteiger partial charge on any atom is 0.271 e. The quantitative estimate of drug-likeness (QED) is 0.698. The van der Waals surface area contributed by atoms with Gasteiger partial charge in [0.1, 0.15) is 5.56 Å². The zero-order chi connectivity index (χ0) is 18.8. The van der Waals surface area contributed by atoms with E-state index < -0.39 is 0 Å². The first-order valence-corrected chi connectivity index (χ1v) is 10.0. The summed E-state index contributed by atoms with van der Waals surface area (Å²) in [6, 6.07) is 8.41. The number of hydrogen-bond acceptors (Lipinski definition) is 5. The summed E-state index contributed by atoms with van der Waals surface area (Å²) in [5, 5.41) is 1.80. The van der Waals surface area contributed by atoms with E-state index in [1.165, 1.54) is 33.1 Å². The van der Waals surface area contributed by atoms with E-state index in [1.54, 1.807) is 16.5 Å². The summed E-state index contributed by atoms with van der Waals surface area (Å²) in [7, 11) is 0. The number of aryl methyl sites for hydroxylation is 1. The molecule has 3 heterocycles. The van der Waals surface area contributed by atoms with Crippen molar-refractivity contribution in [3.05, 3.63) is 69.1 Å². The first kappa shape index (κ1) is 17.9. The Kier molecular flexibility index (Phi) is 5.05. The third-order valence-electron chi connectivity index (χ3n) is 5.10. The van der Waals surface area contributed by atoms with E-state index in [-0.39, 0.29) is 17.0 Å². The topological polar surface area (TPSA) is 57.9 Å². The van der Waals surface area contributed by atoms with Crippen molar-refractivity contribution in [3.63, 3.8) is 0 Å². The molecule has 0 spiro atoms. The van der Waals surface area contributed by atoms with Gasteiger partial charge in [-0.15, -0.1) is 11.3 Å². The number of carbonyl (C=O) groups is 1. The number of benzene rings is 1. The largest absolute Gasteiger partial charge is 0.337 e. The summed E-state index contributed by atoms with van der Waals surface area (Å²) in [6.07, 6.45) is 3.98. The van der Waals surface area contributed by atoms with E-state index in [1.807, 2.05) is 0 Å². The number of rotatable bonds is 3. The lowest BCUT2D eigenvalue weighted by molar-refractivity contribution is 0.0758. The van der Waals surface area contributed by atoms with Crippen LogP contribution in [0.1, 0.15) is 27.9 Å². The Morgan fingerprint density at radius 1 is 1.19 bits per heavy atom. The van der Waals surface area contributed by atoms with Crippen molar-refractivity contribution in [2.45, 2.75) is 19.9 Å². The van der Waals surface area contributed by atoms with Gasteiger partial charge in [-0.05, 0) is 24.5 Å². The Balaban J connectivity index is 1.47. The minimum Gasteiger partial charge on any atom is -0.337 e. The molecule has 0 saturated carbocycles. The third kappa shape index (κ3) is 3.65. The van der Waals surface area contributed by atoms with Crippen molar-refractivity contribution >= 4 is 22.2 Å². The smallest absolute Gasteiger partial charge is 0.271 e. The van der Waals surface area contributed by atoms with Gasteiger partial charge >= 0.3 is 0 Å². The summed E-state index contributed by atoms with van der Waals surface area (Å²) in [4.78, 5) is 34.5.